The lowest BCUT2D eigenvalue weighted by molar-refractivity contribution is 0.0697. The Balaban J connectivity index is 2.03. The maximum atomic E-state index is 11.4. The summed E-state index contributed by atoms with van der Waals surface area (Å²) in [5.74, 6) is 0.507. The summed E-state index contributed by atoms with van der Waals surface area (Å²) in [4.78, 5) is 11.4. The summed E-state index contributed by atoms with van der Waals surface area (Å²) in [5.41, 5.74) is 1.18. The van der Waals surface area contributed by atoms with Gasteiger partial charge in [-0.2, -0.15) is 0 Å². The average molecular weight is 287 g/mol. The van der Waals surface area contributed by atoms with E-state index >= 15 is 0 Å². The van der Waals surface area contributed by atoms with Gasteiger partial charge in [-0.05, 0) is 12.1 Å². The SMILES string of the molecule is COc1ccccc1Nc1cc2c(cc1C(=O)O)OCO2. The van der Waals surface area contributed by atoms with Gasteiger partial charge in [0, 0.05) is 12.1 Å². The number of methoxy groups -OCH3 is 1. The maximum Gasteiger partial charge on any atom is 0.337 e. The third-order valence-electron chi connectivity index (χ3n) is 3.12. The second-order valence-corrected chi connectivity index (χ2v) is 4.38. The fraction of sp³-hybridized carbons (Fsp3) is 0.133. The number of rotatable bonds is 4. The average Bonchev–Trinajstić information content (AvgIpc) is 2.94. The zero-order valence-corrected chi connectivity index (χ0v) is 11.3. The van der Waals surface area contributed by atoms with Crippen LogP contribution in [0.5, 0.6) is 17.2 Å². The number of carboxylic acids is 1. The molecule has 0 radical (unpaired) electrons. The third-order valence-corrected chi connectivity index (χ3v) is 3.12. The molecule has 0 atom stereocenters. The van der Waals surface area contributed by atoms with Crippen LogP contribution in [-0.2, 0) is 0 Å². The minimum atomic E-state index is -1.05. The number of benzene rings is 2. The predicted molar refractivity (Wildman–Crippen MR) is 75.8 cm³/mol. The van der Waals surface area contributed by atoms with Crippen molar-refractivity contribution in [2.75, 3.05) is 19.2 Å². The normalized spacial score (nSPS) is 12.0. The van der Waals surface area contributed by atoms with E-state index in [4.69, 9.17) is 14.2 Å². The van der Waals surface area contributed by atoms with Crippen molar-refractivity contribution < 1.29 is 24.1 Å². The van der Waals surface area contributed by atoms with Crippen molar-refractivity contribution in [2.45, 2.75) is 0 Å². The topological polar surface area (TPSA) is 77.0 Å². The maximum absolute atomic E-state index is 11.4. The van der Waals surface area contributed by atoms with Crippen LogP contribution in [0.4, 0.5) is 11.4 Å². The number of ether oxygens (including phenoxy) is 3. The van der Waals surface area contributed by atoms with Gasteiger partial charge in [-0.15, -0.1) is 0 Å². The number of fused-ring (bicyclic) bond motifs is 1. The zero-order valence-electron chi connectivity index (χ0n) is 11.3. The summed E-state index contributed by atoms with van der Waals surface area (Å²) in [7, 11) is 1.55. The molecule has 21 heavy (non-hydrogen) atoms. The van der Waals surface area contributed by atoms with Crippen LogP contribution in [0.1, 0.15) is 10.4 Å². The van der Waals surface area contributed by atoms with Crippen LogP contribution in [-0.4, -0.2) is 25.0 Å². The van der Waals surface area contributed by atoms with Crippen molar-refractivity contribution >= 4 is 17.3 Å². The zero-order chi connectivity index (χ0) is 14.8. The van der Waals surface area contributed by atoms with Gasteiger partial charge in [0.25, 0.3) is 0 Å². The fourth-order valence-electron chi connectivity index (χ4n) is 2.12. The molecule has 1 aliphatic rings. The van der Waals surface area contributed by atoms with Crippen LogP contribution < -0.4 is 19.5 Å². The van der Waals surface area contributed by atoms with Gasteiger partial charge in [0.1, 0.15) is 5.75 Å². The molecule has 0 fully saturated rings. The molecule has 6 nitrogen and oxygen atoms in total. The van der Waals surface area contributed by atoms with Gasteiger partial charge in [0.2, 0.25) is 6.79 Å². The Labute approximate surface area is 120 Å². The van der Waals surface area contributed by atoms with Gasteiger partial charge in [-0.3, -0.25) is 0 Å². The van der Waals surface area contributed by atoms with Gasteiger partial charge >= 0.3 is 5.97 Å². The van der Waals surface area contributed by atoms with Crippen LogP contribution in [0, 0.1) is 0 Å². The van der Waals surface area contributed by atoms with Crippen LogP contribution >= 0.6 is 0 Å². The minimum absolute atomic E-state index is 0.0898. The van der Waals surface area contributed by atoms with E-state index in [0.29, 0.717) is 28.6 Å². The molecule has 0 aliphatic carbocycles. The first-order chi connectivity index (χ1) is 10.2. The van der Waals surface area contributed by atoms with E-state index in [2.05, 4.69) is 5.32 Å². The summed E-state index contributed by atoms with van der Waals surface area (Å²) < 4.78 is 15.7. The quantitative estimate of drug-likeness (QED) is 0.900. The Kier molecular flexibility index (Phi) is 3.27. The smallest absolute Gasteiger partial charge is 0.337 e. The lowest BCUT2D eigenvalue weighted by atomic mass is 10.1. The largest absolute Gasteiger partial charge is 0.495 e. The van der Waals surface area contributed by atoms with Crippen LogP contribution in [0.25, 0.3) is 0 Å². The summed E-state index contributed by atoms with van der Waals surface area (Å²) in [6.45, 7) is 0.0898. The summed E-state index contributed by atoms with van der Waals surface area (Å²) in [5, 5.41) is 12.4. The van der Waals surface area contributed by atoms with Gasteiger partial charge in [0.15, 0.2) is 11.5 Å². The van der Waals surface area contributed by atoms with Gasteiger partial charge in [-0.1, -0.05) is 12.1 Å². The number of aromatic carboxylic acids is 1. The summed E-state index contributed by atoms with van der Waals surface area (Å²) in [6.07, 6.45) is 0. The second-order valence-electron chi connectivity index (χ2n) is 4.38. The molecule has 6 heteroatoms. The van der Waals surface area contributed by atoms with Crippen molar-refractivity contribution in [3.63, 3.8) is 0 Å². The Morgan fingerprint density at radius 3 is 2.62 bits per heavy atom. The number of hydrogen-bond acceptors (Lipinski definition) is 5. The third kappa shape index (κ3) is 2.43. The number of hydrogen-bond donors (Lipinski definition) is 2. The highest BCUT2D eigenvalue weighted by Crippen LogP contribution is 2.39. The molecular formula is C15H13NO5. The Bertz CT molecular complexity index is 698. The molecular weight excluding hydrogens is 274 g/mol. The molecule has 0 aromatic heterocycles. The molecule has 108 valence electrons. The molecule has 2 N–H and O–H groups in total. The summed E-state index contributed by atoms with van der Waals surface area (Å²) >= 11 is 0. The molecule has 2 aromatic rings. The molecule has 0 saturated heterocycles. The van der Waals surface area contributed by atoms with Crippen LogP contribution in [0.2, 0.25) is 0 Å². The van der Waals surface area contributed by atoms with E-state index in [0.717, 1.165) is 0 Å². The molecule has 1 heterocycles. The second kappa shape index (κ2) is 5.24. The molecule has 0 bridgehead atoms. The van der Waals surface area contributed by atoms with Gasteiger partial charge in [-0.25, -0.2) is 4.79 Å². The molecule has 1 aliphatic heterocycles. The minimum Gasteiger partial charge on any atom is -0.495 e. The summed E-state index contributed by atoms with van der Waals surface area (Å²) in [6, 6.07) is 10.3. The number of carbonyl (C=O) groups is 1. The van der Waals surface area contributed by atoms with E-state index < -0.39 is 5.97 Å². The fourth-order valence-corrected chi connectivity index (χ4v) is 2.12. The van der Waals surface area contributed by atoms with Crippen molar-refractivity contribution in [3.05, 3.63) is 42.0 Å². The van der Waals surface area contributed by atoms with E-state index in [1.165, 1.54) is 6.07 Å². The van der Waals surface area contributed by atoms with Crippen LogP contribution in [0.3, 0.4) is 0 Å². The number of para-hydroxylation sites is 2. The highest BCUT2D eigenvalue weighted by atomic mass is 16.7. The van der Waals surface area contributed by atoms with Gasteiger partial charge < -0.3 is 24.6 Å². The first kappa shape index (κ1) is 13.1. The number of carboxylic acid groups (broad SMARTS) is 1. The Morgan fingerprint density at radius 1 is 1.19 bits per heavy atom. The Hall–Kier alpha value is -2.89. The number of nitrogens with one attached hydrogen (secondary N) is 1. The molecule has 3 rings (SSSR count). The molecule has 0 saturated carbocycles. The highest BCUT2D eigenvalue weighted by molar-refractivity contribution is 5.96. The van der Waals surface area contributed by atoms with Gasteiger partial charge in [0.05, 0.1) is 24.0 Å². The molecule has 0 spiro atoms. The molecule has 2 aromatic carbocycles. The molecule has 0 unspecified atom stereocenters. The predicted octanol–water partition coefficient (Wildman–Crippen LogP) is 2.87. The van der Waals surface area contributed by atoms with E-state index in [1.54, 1.807) is 25.3 Å². The first-order valence-electron chi connectivity index (χ1n) is 6.26. The van der Waals surface area contributed by atoms with Crippen molar-refractivity contribution in [1.29, 1.82) is 0 Å². The van der Waals surface area contributed by atoms with Crippen molar-refractivity contribution in [1.82, 2.24) is 0 Å². The lowest BCUT2D eigenvalue weighted by Gasteiger charge is -2.13. The highest BCUT2D eigenvalue weighted by Gasteiger charge is 2.21. The Morgan fingerprint density at radius 2 is 1.90 bits per heavy atom. The van der Waals surface area contributed by atoms with E-state index in [9.17, 15) is 9.90 Å². The number of anilines is 2. The molecule has 0 amide bonds. The first-order valence-corrected chi connectivity index (χ1v) is 6.26. The van der Waals surface area contributed by atoms with Crippen molar-refractivity contribution in [2.24, 2.45) is 0 Å². The van der Waals surface area contributed by atoms with E-state index in [1.807, 2.05) is 12.1 Å². The van der Waals surface area contributed by atoms with Crippen molar-refractivity contribution in [3.8, 4) is 17.2 Å². The van der Waals surface area contributed by atoms with Crippen LogP contribution in [0.15, 0.2) is 36.4 Å². The monoisotopic (exact) mass is 287 g/mol. The van der Waals surface area contributed by atoms with E-state index in [-0.39, 0.29) is 12.4 Å². The standard InChI is InChI=1S/C15H13NO5/c1-19-12-5-3-2-4-10(12)16-11-7-14-13(20-8-21-14)6-9(11)15(17)18/h2-7,16H,8H2,1H3,(H,17,18). The lowest BCUT2D eigenvalue weighted by Crippen LogP contribution is -2.03.